The second kappa shape index (κ2) is 6.40. The van der Waals surface area contributed by atoms with Gasteiger partial charge in [-0.2, -0.15) is 0 Å². The summed E-state index contributed by atoms with van der Waals surface area (Å²) in [6.45, 7) is 1.90. The van der Waals surface area contributed by atoms with E-state index in [4.69, 9.17) is 4.74 Å². The molecule has 0 aromatic heterocycles. The van der Waals surface area contributed by atoms with E-state index >= 15 is 0 Å². The molecule has 98 valence electrons. The van der Waals surface area contributed by atoms with Gasteiger partial charge in [-0.3, -0.25) is 4.79 Å². The van der Waals surface area contributed by atoms with Gasteiger partial charge >= 0.3 is 0 Å². The predicted molar refractivity (Wildman–Crippen MR) is 71.0 cm³/mol. The van der Waals surface area contributed by atoms with Crippen LogP contribution in [0.3, 0.4) is 0 Å². The monoisotopic (exact) mass is 248 g/mol. The van der Waals surface area contributed by atoms with E-state index in [0.717, 1.165) is 25.9 Å². The topological polar surface area (TPSA) is 50.4 Å². The summed E-state index contributed by atoms with van der Waals surface area (Å²) in [4.78, 5) is 12.1. The number of methoxy groups -OCH3 is 1. The van der Waals surface area contributed by atoms with Gasteiger partial charge in [-0.25, -0.2) is 0 Å². The summed E-state index contributed by atoms with van der Waals surface area (Å²) >= 11 is 0. The molecule has 4 heteroatoms. The van der Waals surface area contributed by atoms with Gasteiger partial charge in [0.1, 0.15) is 5.75 Å². The fraction of sp³-hybridized carbons (Fsp3) is 0.500. The number of benzene rings is 1. The minimum Gasteiger partial charge on any atom is -0.497 e. The Balaban J connectivity index is 1.97. The molecule has 1 heterocycles. The molecule has 1 saturated heterocycles. The van der Waals surface area contributed by atoms with Crippen molar-refractivity contribution in [2.24, 2.45) is 0 Å². The third-order valence-corrected chi connectivity index (χ3v) is 3.21. The summed E-state index contributed by atoms with van der Waals surface area (Å²) in [5.74, 6) is 0.684. The Hall–Kier alpha value is -1.55. The Morgan fingerprint density at radius 1 is 1.44 bits per heavy atom. The van der Waals surface area contributed by atoms with Gasteiger partial charge in [-0.15, -0.1) is 0 Å². The summed E-state index contributed by atoms with van der Waals surface area (Å²) < 4.78 is 5.12. The van der Waals surface area contributed by atoms with Gasteiger partial charge in [0.15, 0.2) is 0 Å². The van der Waals surface area contributed by atoms with Crippen LogP contribution >= 0.6 is 0 Å². The number of carbonyl (C=O) groups excluding carboxylic acids is 1. The van der Waals surface area contributed by atoms with Crippen LogP contribution in [0.15, 0.2) is 24.3 Å². The van der Waals surface area contributed by atoms with Crippen molar-refractivity contribution in [1.82, 2.24) is 10.6 Å². The maximum atomic E-state index is 12.1. The molecule has 0 saturated carbocycles. The maximum Gasteiger partial charge on any atom is 0.251 e. The average Bonchev–Trinajstić information content (AvgIpc) is 2.67. The number of rotatable bonds is 3. The van der Waals surface area contributed by atoms with Crippen LogP contribution in [0.25, 0.3) is 0 Å². The molecule has 1 aromatic carbocycles. The predicted octanol–water partition coefficient (Wildman–Crippen LogP) is 1.57. The Bertz CT molecular complexity index is 399. The summed E-state index contributed by atoms with van der Waals surface area (Å²) in [5, 5.41) is 6.41. The Morgan fingerprint density at radius 2 is 2.33 bits per heavy atom. The van der Waals surface area contributed by atoms with Crippen molar-refractivity contribution >= 4 is 5.91 Å². The highest BCUT2D eigenvalue weighted by molar-refractivity contribution is 5.94. The summed E-state index contributed by atoms with van der Waals surface area (Å²) in [6, 6.07) is 7.47. The van der Waals surface area contributed by atoms with E-state index < -0.39 is 0 Å². The first kappa shape index (κ1) is 12.9. The average molecular weight is 248 g/mol. The quantitative estimate of drug-likeness (QED) is 0.853. The largest absolute Gasteiger partial charge is 0.497 e. The minimum absolute atomic E-state index is 0.0254. The molecule has 18 heavy (non-hydrogen) atoms. The Kier molecular flexibility index (Phi) is 4.59. The van der Waals surface area contributed by atoms with Crippen molar-refractivity contribution in [3.05, 3.63) is 29.8 Å². The molecule has 1 atom stereocenters. The lowest BCUT2D eigenvalue weighted by Crippen LogP contribution is -2.40. The van der Waals surface area contributed by atoms with Crippen molar-refractivity contribution < 1.29 is 9.53 Å². The van der Waals surface area contributed by atoms with E-state index in [9.17, 15) is 4.79 Å². The maximum absolute atomic E-state index is 12.1. The number of ether oxygens (including phenoxy) is 1. The van der Waals surface area contributed by atoms with Gasteiger partial charge in [0.2, 0.25) is 0 Å². The molecule has 1 fully saturated rings. The molecule has 1 aromatic rings. The molecule has 2 N–H and O–H groups in total. The summed E-state index contributed by atoms with van der Waals surface area (Å²) in [7, 11) is 1.60. The van der Waals surface area contributed by atoms with E-state index in [0.29, 0.717) is 11.3 Å². The highest BCUT2D eigenvalue weighted by Crippen LogP contribution is 2.13. The second-order valence-electron chi connectivity index (χ2n) is 4.60. The summed E-state index contributed by atoms with van der Waals surface area (Å²) in [6.07, 6.45) is 3.39. The molecular weight excluding hydrogens is 228 g/mol. The molecule has 1 unspecified atom stereocenters. The molecule has 0 spiro atoms. The number of amides is 1. The molecule has 1 aliphatic heterocycles. The van der Waals surface area contributed by atoms with Crippen LogP contribution in [-0.2, 0) is 0 Å². The van der Waals surface area contributed by atoms with Crippen LogP contribution in [0, 0.1) is 0 Å². The van der Waals surface area contributed by atoms with E-state index in [1.54, 1.807) is 13.2 Å². The third-order valence-electron chi connectivity index (χ3n) is 3.21. The molecule has 0 bridgehead atoms. The smallest absolute Gasteiger partial charge is 0.251 e. The van der Waals surface area contributed by atoms with Crippen LogP contribution in [-0.4, -0.2) is 32.1 Å². The fourth-order valence-electron chi connectivity index (χ4n) is 2.18. The van der Waals surface area contributed by atoms with Crippen molar-refractivity contribution in [3.8, 4) is 5.75 Å². The second-order valence-corrected chi connectivity index (χ2v) is 4.60. The zero-order chi connectivity index (χ0) is 12.8. The zero-order valence-electron chi connectivity index (χ0n) is 10.7. The molecule has 0 radical (unpaired) electrons. The van der Waals surface area contributed by atoms with Gasteiger partial charge < -0.3 is 15.4 Å². The van der Waals surface area contributed by atoms with Gasteiger partial charge in [0.25, 0.3) is 5.91 Å². The van der Waals surface area contributed by atoms with Crippen LogP contribution in [0.2, 0.25) is 0 Å². The minimum atomic E-state index is -0.0254. The van der Waals surface area contributed by atoms with E-state index in [-0.39, 0.29) is 11.9 Å². The van der Waals surface area contributed by atoms with Gasteiger partial charge in [-0.1, -0.05) is 12.5 Å². The van der Waals surface area contributed by atoms with E-state index in [2.05, 4.69) is 10.6 Å². The molecular formula is C14H20N2O2. The Labute approximate surface area is 108 Å². The number of nitrogens with one attached hydrogen (secondary N) is 2. The van der Waals surface area contributed by atoms with Gasteiger partial charge in [0, 0.05) is 18.2 Å². The lowest BCUT2D eigenvalue weighted by atomic mass is 10.1. The lowest BCUT2D eigenvalue weighted by Gasteiger charge is -2.16. The first-order chi connectivity index (χ1) is 8.79. The van der Waals surface area contributed by atoms with Crippen LogP contribution in [0.5, 0.6) is 5.75 Å². The van der Waals surface area contributed by atoms with E-state index in [1.165, 1.54) is 6.42 Å². The first-order valence-electron chi connectivity index (χ1n) is 6.45. The van der Waals surface area contributed by atoms with Crippen LogP contribution < -0.4 is 15.4 Å². The number of carbonyl (C=O) groups is 1. The third kappa shape index (κ3) is 3.47. The zero-order valence-corrected chi connectivity index (χ0v) is 10.7. The summed E-state index contributed by atoms with van der Waals surface area (Å²) in [5.41, 5.74) is 0.651. The lowest BCUT2D eigenvalue weighted by molar-refractivity contribution is 0.0935. The molecule has 1 aliphatic rings. The van der Waals surface area contributed by atoms with Crippen molar-refractivity contribution in [1.29, 1.82) is 0 Å². The molecule has 4 nitrogen and oxygen atoms in total. The first-order valence-corrected chi connectivity index (χ1v) is 6.45. The van der Waals surface area contributed by atoms with Crippen LogP contribution in [0.4, 0.5) is 0 Å². The van der Waals surface area contributed by atoms with Crippen molar-refractivity contribution in [2.75, 3.05) is 20.2 Å². The molecule has 1 amide bonds. The van der Waals surface area contributed by atoms with E-state index in [1.807, 2.05) is 18.2 Å². The van der Waals surface area contributed by atoms with Crippen molar-refractivity contribution in [2.45, 2.75) is 25.3 Å². The fourth-order valence-corrected chi connectivity index (χ4v) is 2.18. The molecule has 2 rings (SSSR count). The standard InChI is InChI=1S/C14H20N2O2/c1-18-13-7-4-5-11(9-13)14(17)16-12-6-2-3-8-15-10-12/h4-5,7,9,12,15H,2-3,6,8,10H2,1H3,(H,16,17). The normalized spacial score (nSPS) is 19.9. The Morgan fingerprint density at radius 3 is 3.17 bits per heavy atom. The highest BCUT2D eigenvalue weighted by Gasteiger charge is 2.15. The van der Waals surface area contributed by atoms with Crippen LogP contribution in [0.1, 0.15) is 29.6 Å². The van der Waals surface area contributed by atoms with Crippen molar-refractivity contribution in [3.63, 3.8) is 0 Å². The van der Waals surface area contributed by atoms with Gasteiger partial charge in [-0.05, 0) is 37.6 Å². The SMILES string of the molecule is COc1cccc(C(=O)NC2CCCCNC2)c1. The number of hydrogen-bond acceptors (Lipinski definition) is 3. The van der Waals surface area contributed by atoms with Gasteiger partial charge in [0.05, 0.1) is 7.11 Å². The molecule has 0 aliphatic carbocycles. The highest BCUT2D eigenvalue weighted by atomic mass is 16.5. The number of hydrogen-bond donors (Lipinski definition) is 2.